The van der Waals surface area contributed by atoms with Gasteiger partial charge in [-0.15, -0.1) is 0 Å². The van der Waals surface area contributed by atoms with Crippen molar-refractivity contribution in [2.45, 2.75) is 4.90 Å². The van der Waals surface area contributed by atoms with Crippen molar-refractivity contribution in [2.24, 2.45) is 0 Å². The van der Waals surface area contributed by atoms with Gasteiger partial charge in [-0.25, -0.2) is 21.9 Å². The van der Waals surface area contributed by atoms with Crippen molar-refractivity contribution in [3.8, 4) is 0 Å². The van der Waals surface area contributed by atoms with E-state index in [4.69, 9.17) is 9.47 Å². The number of hydrogen-bond donors (Lipinski definition) is 1. The molecule has 0 saturated heterocycles. The molecule has 0 radical (unpaired) electrons. The van der Waals surface area contributed by atoms with Crippen LogP contribution in [0.15, 0.2) is 23.1 Å². The molecule has 1 aromatic rings. The van der Waals surface area contributed by atoms with Crippen LogP contribution in [0.3, 0.4) is 0 Å². The number of sulfonamides is 1. The Labute approximate surface area is 110 Å². The van der Waals surface area contributed by atoms with Crippen molar-refractivity contribution in [1.29, 1.82) is 0 Å². The third-order valence-corrected chi connectivity index (χ3v) is 3.65. The van der Waals surface area contributed by atoms with Gasteiger partial charge in [0.2, 0.25) is 10.0 Å². The Kier molecular flexibility index (Phi) is 6.29. The van der Waals surface area contributed by atoms with Gasteiger partial charge in [-0.3, -0.25) is 0 Å². The fourth-order valence-electron chi connectivity index (χ4n) is 1.26. The van der Waals surface area contributed by atoms with Crippen molar-refractivity contribution in [2.75, 3.05) is 33.5 Å². The summed E-state index contributed by atoms with van der Waals surface area (Å²) in [5.41, 5.74) is 0. The second-order valence-electron chi connectivity index (χ2n) is 3.58. The van der Waals surface area contributed by atoms with Gasteiger partial charge in [0.1, 0.15) is 16.5 Å². The lowest BCUT2D eigenvalue weighted by Gasteiger charge is -2.08. The standard InChI is InChI=1S/C11H15F2NO4S/c1-17-6-7-18-5-4-14-19(15,16)11-3-2-9(12)8-10(11)13/h2-3,8,14H,4-7H2,1H3. The zero-order chi connectivity index (χ0) is 14.3. The fraction of sp³-hybridized carbons (Fsp3) is 0.455. The molecule has 19 heavy (non-hydrogen) atoms. The molecule has 0 aliphatic carbocycles. The Morgan fingerprint density at radius 1 is 1.21 bits per heavy atom. The minimum absolute atomic E-state index is 0.0110. The van der Waals surface area contributed by atoms with E-state index in [1.807, 2.05) is 0 Å². The molecule has 0 amide bonds. The predicted octanol–water partition coefficient (Wildman–Crippen LogP) is 0.906. The molecule has 0 aliphatic rings. The molecule has 1 N–H and O–H groups in total. The minimum Gasteiger partial charge on any atom is -0.382 e. The molecule has 0 atom stereocenters. The van der Waals surface area contributed by atoms with Crippen molar-refractivity contribution in [3.63, 3.8) is 0 Å². The van der Waals surface area contributed by atoms with Crippen LogP contribution in [0.2, 0.25) is 0 Å². The molecule has 108 valence electrons. The van der Waals surface area contributed by atoms with Crippen LogP contribution in [0, 0.1) is 11.6 Å². The second-order valence-corrected chi connectivity index (χ2v) is 5.31. The molecule has 0 heterocycles. The predicted molar refractivity (Wildman–Crippen MR) is 64.2 cm³/mol. The lowest BCUT2D eigenvalue weighted by atomic mass is 10.3. The van der Waals surface area contributed by atoms with E-state index in [-0.39, 0.29) is 13.2 Å². The Bertz CT molecular complexity index is 507. The molecule has 5 nitrogen and oxygen atoms in total. The molecular formula is C11H15F2NO4S. The highest BCUT2D eigenvalue weighted by Gasteiger charge is 2.18. The molecule has 0 aliphatic heterocycles. The van der Waals surface area contributed by atoms with E-state index in [0.29, 0.717) is 19.3 Å². The van der Waals surface area contributed by atoms with Gasteiger partial charge in [-0.1, -0.05) is 0 Å². The summed E-state index contributed by atoms with van der Waals surface area (Å²) in [6.07, 6.45) is 0. The average Bonchev–Trinajstić information content (AvgIpc) is 2.33. The highest BCUT2D eigenvalue weighted by atomic mass is 32.2. The summed E-state index contributed by atoms with van der Waals surface area (Å²) in [5, 5.41) is 0. The van der Waals surface area contributed by atoms with Gasteiger partial charge >= 0.3 is 0 Å². The average molecular weight is 295 g/mol. The normalized spacial score (nSPS) is 11.7. The first-order valence-electron chi connectivity index (χ1n) is 5.49. The maximum Gasteiger partial charge on any atom is 0.243 e. The Morgan fingerprint density at radius 2 is 1.95 bits per heavy atom. The summed E-state index contributed by atoms with van der Waals surface area (Å²) < 4.78 is 61.3. The molecule has 0 spiro atoms. The van der Waals surface area contributed by atoms with Crippen LogP contribution in [-0.2, 0) is 19.5 Å². The quantitative estimate of drug-likeness (QED) is 0.724. The van der Waals surface area contributed by atoms with Gasteiger partial charge in [0.05, 0.1) is 19.8 Å². The summed E-state index contributed by atoms with van der Waals surface area (Å²) in [6.45, 7) is 0.858. The van der Waals surface area contributed by atoms with E-state index in [0.717, 1.165) is 12.1 Å². The number of benzene rings is 1. The number of hydrogen-bond acceptors (Lipinski definition) is 4. The molecule has 0 unspecified atom stereocenters. The van der Waals surface area contributed by atoms with Crippen LogP contribution in [0.25, 0.3) is 0 Å². The molecule has 8 heteroatoms. The first-order chi connectivity index (χ1) is 8.97. The number of ether oxygens (including phenoxy) is 2. The van der Waals surface area contributed by atoms with Gasteiger partial charge in [-0.2, -0.15) is 0 Å². The van der Waals surface area contributed by atoms with Gasteiger partial charge in [0, 0.05) is 19.7 Å². The van der Waals surface area contributed by atoms with E-state index in [1.54, 1.807) is 0 Å². The Morgan fingerprint density at radius 3 is 2.58 bits per heavy atom. The number of nitrogens with one attached hydrogen (secondary N) is 1. The van der Waals surface area contributed by atoms with Crippen LogP contribution >= 0.6 is 0 Å². The molecule has 0 bridgehead atoms. The molecule has 0 fully saturated rings. The summed E-state index contributed by atoms with van der Waals surface area (Å²) in [5.74, 6) is -1.97. The summed E-state index contributed by atoms with van der Waals surface area (Å²) in [4.78, 5) is -0.592. The summed E-state index contributed by atoms with van der Waals surface area (Å²) >= 11 is 0. The van der Waals surface area contributed by atoms with Gasteiger partial charge in [0.25, 0.3) is 0 Å². The van der Waals surface area contributed by atoms with Crippen molar-refractivity contribution in [1.82, 2.24) is 4.72 Å². The van der Waals surface area contributed by atoms with E-state index in [9.17, 15) is 17.2 Å². The van der Waals surface area contributed by atoms with E-state index < -0.39 is 26.6 Å². The van der Waals surface area contributed by atoms with Gasteiger partial charge < -0.3 is 9.47 Å². The van der Waals surface area contributed by atoms with E-state index >= 15 is 0 Å². The third kappa shape index (κ3) is 5.19. The van der Waals surface area contributed by atoms with Gasteiger partial charge in [-0.05, 0) is 12.1 Å². The summed E-state index contributed by atoms with van der Waals surface area (Å²) in [7, 11) is -2.49. The van der Waals surface area contributed by atoms with Crippen LogP contribution in [0.1, 0.15) is 0 Å². The van der Waals surface area contributed by atoms with Crippen LogP contribution in [0.4, 0.5) is 8.78 Å². The first kappa shape index (κ1) is 16.0. The second kappa shape index (κ2) is 7.49. The smallest absolute Gasteiger partial charge is 0.243 e. The maximum absolute atomic E-state index is 13.3. The van der Waals surface area contributed by atoms with Crippen LogP contribution in [0.5, 0.6) is 0 Å². The monoisotopic (exact) mass is 295 g/mol. The first-order valence-corrected chi connectivity index (χ1v) is 6.97. The Balaban J connectivity index is 2.52. The van der Waals surface area contributed by atoms with Crippen molar-refractivity contribution < 1.29 is 26.7 Å². The lowest BCUT2D eigenvalue weighted by molar-refractivity contribution is 0.0736. The number of methoxy groups -OCH3 is 1. The van der Waals surface area contributed by atoms with Crippen molar-refractivity contribution in [3.05, 3.63) is 29.8 Å². The highest BCUT2D eigenvalue weighted by molar-refractivity contribution is 7.89. The Hall–Kier alpha value is -1.09. The minimum atomic E-state index is -4.00. The lowest BCUT2D eigenvalue weighted by Crippen LogP contribution is -2.28. The molecule has 0 aromatic heterocycles. The van der Waals surface area contributed by atoms with Gasteiger partial charge in [0.15, 0.2) is 0 Å². The van der Waals surface area contributed by atoms with Crippen LogP contribution < -0.4 is 4.72 Å². The fourth-order valence-corrected chi connectivity index (χ4v) is 2.33. The van der Waals surface area contributed by atoms with E-state index in [2.05, 4.69) is 4.72 Å². The number of rotatable bonds is 8. The van der Waals surface area contributed by atoms with Crippen molar-refractivity contribution >= 4 is 10.0 Å². The summed E-state index contributed by atoms with van der Waals surface area (Å²) in [6, 6.07) is 2.27. The molecule has 0 saturated carbocycles. The SMILES string of the molecule is COCCOCCNS(=O)(=O)c1ccc(F)cc1F. The molecule has 1 aromatic carbocycles. The highest BCUT2D eigenvalue weighted by Crippen LogP contribution is 2.14. The van der Waals surface area contributed by atoms with Crippen LogP contribution in [-0.4, -0.2) is 41.9 Å². The van der Waals surface area contributed by atoms with E-state index in [1.165, 1.54) is 7.11 Å². The zero-order valence-electron chi connectivity index (χ0n) is 10.4. The number of halogens is 2. The largest absolute Gasteiger partial charge is 0.382 e. The topological polar surface area (TPSA) is 64.6 Å². The maximum atomic E-state index is 13.3. The molecule has 1 rings (SSSR count). The zero-order valence-corrected chi connectivity index (χ0v) is 11.2. The molecular weight excluding hydrogens is 280 g/mol. The third-order valence-electron chi connectivity index (χ3n) is 2.15.